The molecule has 5 rings (SSSR count). The maximum absolute atomic E-state index is 14.1. The van der Waals surface area contributed by atoms with E-state index >= 15 is 0 Å². The van der Waals surface area contributed by atoms with Crippen molar-refractivity contribution in [2.45, 2.75) is 96.4 Å². The van der Waals surface area contributed by atoms with Gasteiger partial charge in [-0.15, -0.1) is 0 Å². The predicted molar refractivity (Wildman–Crippen MR) is 217 cm³/mol. The zero-order chi connectivity index (χ0) is 39.9. The third-order valence-corrected chi connectivity index (χ3v) is 10.5. The van der Waals surface area contributed by atoms with Crippen LogP contribution in [0.15, 0.2) is 60.7 Å². The van der Waals surface area contributed by atoms with E-state index in [2.05, 4.69) is 22.2 Å². The number of alkyl carbamates (subject to hydrolysis) is 1. The van der Waals surface area contributed by atoms with E-state index in [9.17, 15) is 14.4 Å². The maximum Gasteiger partial charge on any atom is 0.407 e. The average molecular weight is 777 g/mol. The fraction of sp³-hybridized carbons (Fsp3) is 0.512. The van der Waals surface area contributed by atoms with E-state index in [1.165, 1.54) is 7.11 Å². The van der Waals surface area contributed by atoms with Gasteiger partial charge in [0.05, 0.1) is 39.3 Å². The Bertz CT molecular complexity index is 1790. The smallest absolute Gasteiger partial charge is 0.407 e. The number of rotatable bonds is 14. The molecule has 0 aromatic heterocycles. The average Bonchev–Trinajstić information content (AvgIpc) is 3.13. The van der Waals surface area contributed by atoms with Crippen molar-refractivity contribution >= 4 is 40.9 Å². The molecule has 1 fully saturated rings. The van der Waals surface area contributed by atoms with E-state index in [0.717, 1.165) is 60.2 Å². The first-order valence-corrected chi connectivity index (χ1v) is 19.6. The van der Waals surface area contributed by atoms with Crippen LogP contribution in [0.4, 0.5) is 16.2 Å². The number of esters is 1. The van der Waals surface area contributed by atoms with Crippen LogP contribution in [0.1, 0.15) is 89.5 Å². The van der Waals surface area contributed by atoms with Gasteiger partial charge in [0.25, 0.3) is 0 Å². The molecule has 0 radical (unpaired) electrons. The summed E-state index contributed by atoms with van der Waals surface area (Å²) in [6.45, 7) is 11.0. The van der Waals surface area contributed by atoms with Gasteiger partial charge in [-0.05, 0) is 113 Å². The zero-order valence-electron chi connectivity index (χ0n) is 33.6. The van der Waals surface area contributed by atoms with Crippen molar-refractivity contribution in [3.8, 4) is 11.5 Å². The second-order valence-corrected chi connectivity index (χ2v) is 16.3. The van der Waals surface area contributed by atoms with Crippen LogP contribution in [-0.2, 0) is 25.5 Å². The van der Waals surface area contributed by atoms with Crippen molar-refractivity contribution in [1.29, 1.82) is 0 Å². The van der Waals surface area contributed by atoms with Crippen LogP contribution in [0.25, 0.3) is 0 Å². The largest absolute Gasteiger partial charge is 0.493 e. The predicted octanol–water partition coefficient (Wildman–Crippen LogP) is 7.95. The zero-order valence-corrected chi connectivity index (χ0v) is 34.3. The van der Waals surface area contributed by atoms with Gasteiger partial charge in [-0.2, -0.15) is 0 Å². The molecule has 11 nitrogen and oxygen atoms in total. The summed E-state index contributed by atoms with van der Waals surface area (Å²) in [4.78, 5) is 45.6. The Balaban J connectivity index is 1.43. The lowest BCUT2D eigenvalue weighted by molar-refractivity contribution is -0.144. The number of hydrogen-bond donors (Lipinski definition) is 1. The number of hydrogen-bond acceptors (Lipinski definition) is 9. The van der Waals surface area contributed by atoms with Crippen LogP contribution < -0.4 is 24.6 Å². The van der Waals surface area contributed by atoms with E-state index < -0.39 is 17.7 Å². The summed E-state index contributed by atoms with van der Waals surface area (Å²) in [6, 6.07) is 19.2. The van der Waals surface area contributed by atoms with E-state index in [-0.39, 0.29) is 36.5 Å². The fourth-order valence-corrected chi connectivity index (χ4v) is 7.95. The van der Waals surface area contributed by atoms with Crippen LogP contribution >= 0.6 is 11.6 Å². The lowest BCUT2D eigenvalue weighted by Crippen LogP contribution is -2.59. The highest BCUT2D eigenvalue weighted by atomic mass is 35.5. The molecule has 1 aliphatic heterocycles. The third-order valence-electron chi connectivity index (χ3n) is 10.3. The SMILES string of the molecule is COC(=O)CN(CCNC(=O)OC(C)(C)C)C1(CN(C)c2ccc(N3C(=O)Cc4cc(OC)c(OC(C)C)cc4[C@@H]3c3ccc(Cl)cc3)cc2)CCCCC1. The normalized spacial score (nSPS) is 16.7. The Kier molecular flexibility index (Phi) is 13.6. The Hall–Kier alpha value is -4.48. The third kappa shape index (κ3) is 10.4. The molecule has 1 saturated carbocycles. The number of carbonyl (C=O) groups is 3. The number of amides is 2. The molecular weight excluding hydrogens is 720 g/mol. The van der Waals surface area contributed by atoms with Gasteiger partial charge in [0.15, 0.2) is 11.5 Å². The van der Waals surface area contributed by atoms with Gasteiger partial charge < -0.3 is 34.1 Å². The summed E-state index contributed by atoms with van der Waals surface area (Å²) >= 11 is 6.32. The minimum absolute atomic E-state index is 0.0345. The van der Waals surface area contributed by atoms with Crippen molar-refractivity contribution in [2.75, 3.05) is 57.2 Å². The number of likely N-dealkylation sites (N-methyl/N-ethyl adjacent to an activating group) is 1. The lowest BCUT2D eigenvalue weighted by Gasteiger charge is -2.48. The van der Waals surface area contributed by atoms with Crippen LogP contribution in [0.2, 0.25) is 5.02 Å². The molecule has 55 heavy (non-hydrogen) atoms. The summed E-state index contributed by atoms with van der Waals surface area (Å²) in [5, 5.41) is 3.48. The number of methoxy groups -OCH3 is 2. The molecule has 1 aliphatic carbocycles. The Morgan fingerprint density at radius 1 is 0.982 bits per heavy atom. The van der Waals surface area contributed by atoms with Gasteiger partial charge in [0.2, 0.25) is 5.91 Å². The molecule has 0 bridgehead atoms. The van der Waals surface area contributed by atoms with Crippen LogP contribution in [0.5, 0.6) is 11.5 Å². The molecule has 3 aromatic rings. The maximum atomic E-state index is 14.1. The first-order valence-electron chi connectivity index (χ1n) is 19.2. The number of anilines is 2. The topological polar surface area (TPSA) is 110 Å². The monoisotopic (exact) mass is 776 g/mol. The van der Waals surface area contributed by atoms with Crippen molar-refractivity contribution in [3.05, 3.63) is 82.4 Å². The van der Waals surface area contributed by atoms with Gasteiger partial charge in [-0.1, -0.05) is 43.0 Å². The molecule has 1 N–H and O–H groups in total. The van der Waals surface area contributed by atoms with Gasteiger partial charge >= 0.3 is 12.1 Å². The highest BCUT2D eigenvalue weighted by Gasteiger charge is 2.41. The molecule has 2 aliphatic rings. The van der Waals surface area contributed by atoms with Gasteiger partial charge in [0, 0.05) is 48.6 Å². The second-order valence-electron chi connectivity index (χ2n) is 15.8. The number of halogens is 1. The van der Waals surface area contributed by atoms with E-state index in [4.69, 9.17) is 30.5 Å². The first-order chi connectivity index (χ1) is 26.1. The molecule has 0 unspecified atom stereocenters. The number of nitrogens with one attached hydrogen (secondary N) is 1. The summed E-state index contributed by atoms with van der Waals surface area (Å²) in [7, 11) is 5.07. The fourth-order valence-electron chi connectivity index (χ4n) is 7.83. The van der Waals surface area contributed by atoms with E-state index in [1.54, 1.807) is 7.11 Å². The highest BCUT2D eigenvalue weighted by molar-refractivity contribution is 6.30. The lowest BCUT2D eigenvalue weighted by atomic mass is 9.79. The van der Waals surface area contributed by atoms with E-state index in [0.29, 0.717) is 36.2 Å². The first kappa shape index (κ1) is 41.7. The Morgan fingerprint density at radius 3 is 2.25 bits per heavy atom. The van der Waals surface area contributed by atoms with Gasteiger partial charge in [-0.25, -0.2) is 4.79 Å². The van der Waals surface area contributed by atoms with Crippen molar-refractivity contribution in [3.63, 3.8) is 0 Å². The quantitative estimate of drug-likeness (QED) is 0.163. The summed E-state index contributed by atoms with van der Waals surface area (Å²) < 4.78 is 22.4. The highest BCUT2D eigenvalue weighted by Crippen LogP contribution is 2.44. The molecule has 12 heteroatoms. The molecule has 2 amide bonds. The molecule has 0 spiro atoms. The number of benzene rings is 3. The molecule has 1 atom stereocenters. The molecule has 1 heterocycles. The molecule has 0 saturated heterocycles. The summed E-state index contributed by atoms with van der Waals surface area (Å²) in [5.74, 6) is 0.863. The molecular formula is C43H57ClN4O7. The van der Waals surface area contributed by atoms with Crippen molar-refractivity contribution in [2.24, 2.45) is 0 Å². The van der Waals surface area contributed by atoms with Crippen molar-refractivity contribution in [1.82, 2.24) is 10.2 Å². The number of carbonyl (C=O) groups excluding carboxylic acids is 3. The number of fused-ring (bicyclic) bond motifs is 1. The van der Waals surface area contributed by atoms with Crippen LogP contribution in [0.3, 0.4) is 0 Å². The minimum Gasteiger partial charge on any atom is -0.493 e. The van der Waals surface area contributed by atoms with Gasteiger partial charge in [-0.3, -0.25) is 14.5 Å². The summed E-state index contributed by atoms with van der Waals surface area (Å²) in [5.41, 5.74) is 3.57. The van der Waals surface area contributed by atoms with Crippen molar-refractivity contribution < 1.29 is 33.3 Å². The van der Waals surface area contributed by atoms with Crippen LogP contribution in [-0.4, -0.2) is 87.6 Å². The molecule has 3 aromatic carbocycles. The Labute approximate surface area is 331 Å². The van der Waals surface area contributed by atoms with Crippen LogP contribution in [0, 0.1) is 0 Å². The number of ether oxygens (including phenoxy) is 4. The van der Waals surface area contributed by atoms with Gasteiger partial charge in [0.1, 0.15) is 5.60 Å². The van der Waals surface area contributed by atoms with E-state index in [1.807, 2.05) is 100 Å². The molecule has 298 valence electrons. The minimum atomic E-state index is -0.610. The number of nitrogens with zero attached hydrogens (tertiary/aromatic N) is 3. The summed E-state index contributed by atoms with van der Waals surface area (Å²) in [6.07, 6.45) is 4.64. The Morgan fingerprint density at radius 2 is 1.65 bits per heavy atom. The standard InChI is InChI=1S/C43H57ClN4O7/c1-29(2)54-37-26-35-31(24-36(37)52-7)25-38(49)48(40(35)30-12-14-32(44)15-13-30)34-18-16-33(17-19-34)46(6)28-43(20-10-9-11-21-43)47(27-39(50)53-8)23-22-45-41(51)55-42(3,4)5/h12-19,24,26,29,40H,9-11,20-23,25,27-28H2,1-8H3,(H,45,51)/t40-/m0/s1. The second kappa shape index (κ2) is 18.0.